The molecule has 4 rings (SSSR count). The molecule has 2 aromatic carbocycles. The number of likely N-dealkylation sites (N-methyl/N-ethyl adjacent to an activating group) is 1. The number of nitrogens with zero attached hydrogens (tertiary/aromatic N) is 4. The number of aromatic nitrogens is 3. The molecule has 0 radical (unpaired) electrons. The van der Waals surface area contributed by atoms with Crippen LogP contribution < -0.4 is 15.4 Å². The van der Waals surface area contributed by atoms with Crippen molar-refractivity contribution in [3.05, 3.63) is 89.6 Å². The number of nitrogens with one attached hydrogen (secondary N) is 2. The molecule has 0 fully saturated rings. The van der Waals surface area contributed by atoms with Crippen LogP contribution in [-0.2, 0) is 11.4 Å². The summed E-state index contributed by atoms with van der Waals surface area (Å²) in [6.07, 6.45) is 6.22. The number of hydrogen-bond donors (Lipinski definition) is 2. The lowest BCUT2D eigenvalue weighted by Crippen LogP contribution is -2.13. The molecule has 0 aliphatic carbocycles. The normalized spacial score (nSPS) is 11.2. The van der Waals surface area contributed by atoms with Crippen LogP contribution in [0.4, 0.5) is 21.7 Å². The molecule has 2 aromatic heterocycles. The van der Waals surface area contributed by atoms with E-state index in [1.54, 1.807) is 48.7 Å². The molecule has 1 amide bonds. The van der Waals surface area contributed by atoms with Crippen LogP contribution in [0.25, 0.3) is 10.9 Å². The van der Waals surface area contributed by atoms with Crippen LogP contribution >= 0.6 is 11.6 Å². The van der Waals surface area contributed by atoms with Gasteiger partial charge in [-0.05, 0) is 56.1 Å². The summed E-state index contributed by atoms with van der Waals surface area (Å²) in [6, 6.07) is 13.1. The Balaban J connectivity index is 1.48. The number of amides is 1. The third-order valence-electron chi connectivity index (χ3n) is 4.99. The Bertz CT molecular complexity index is 1410. The molecule has 8 nitrogen and oxygen atoms in total. The molecule has 0 bridgehead atoms. The van der Waals surface area contributed by atoms with Crippen molar-refractivity contribution in [2.75, 3.05) is 31.3 Å². The lowest BCUT2D eigenvalue weighted by Gasteiger charge is -2.12. The molecule has 0 atom stereocenters. The molecule has 0 saturated carbocycles. The van der Waals surface area contributed by atoms with Crippen LogP contribution in [0.5, 0.6) is 5.75 Å². The van der Waals surface area contributed by atoms with Crippen molar-refractivity contribution in [1.82, 2.24) is 19.9 Å². The number of pyridine rings is 1. The van der Waals surface area contributed by atoms with E-state index < -0.39 is 0 Å². The molecular weight excluding hydrogens is 483 g/mol. The van der Waals surface area contributed by atoms with Crippen molar-refractivity contribution in [2.45, 2.75) is 6.61 Å². The first-order valence-electron chi connectivity index (χ1n) is 11.0. The number of carbonyl (C=O) groups excluding carboxylic acids is 1. The molecule has 36 heavy (non-hydrogen) atoms. The van der Waals surface area contributed by atoms with Crippen molar-refractivity contribution in [3.8, 4) is 5.75 Å². The number of rotatable bonds is 9. The van der Waals surface area contributed by atoms with Crippen LogP contribution in [0.15, 0.2) is 73.2 Å². The van der Waals surface area contributed by atoms with Crippen molar-refractivity contribution in [2.24, 2.45) is 0 Å². The number of carbonyl (C=O) groups is 1. The number of hydrogen-bond acceptors (Lipinski definition) is 7. The Morgan fingerprint density at radius 1 is 1.14 bits per heavy atom. The SMILES string of the molecule is CN(C)CC=CC(=O)Nc1cc2c(Nc3ccc(OCc4cccc(F)c4)c(Cl)c3)ncnc2cn1. The molecule has 2 heterocycles. The fourth-order valence-electron chi connectivity index (χ4n) is 3.29. The number of benzene rings is 2. The molecule has 0 spiro atoms. The largest absolute Gasteiger partial charge is 0.487 e. The fourth-order valence-corrected chi connectivity index (χ4v) is 3.52. The summed E-state index contributed by atoms with van der Waals surface area (Å²) < 4.78 is 19.1. The maximum Gasteiger partial charge on any atom is 0.249 e. The van der Waals surface area contributed by atoms with E-state index in [1.165, 1.54) is 24.5 Å². The van der Waals surface area contributed by atoms with Gasteiger partial charge in [-0.3, -0.25) is 4.79 Å². The van der Waals surface area contributed by atoms with Crippen molar-refractivity contribution >= 4 is 45.7 Å². The summed E-state index contributed by atoms with van der Waals surface area (Å²) in [5.74, 6) is 0.758. The zero-order chi connectivity index (χ0) is 25.5. The molecule has 4 aromatic rings. The van der Waals surface area contributed by atoms with E-state index in [4.69, 9.17) is 16.3 Å². The van der Waals surface area contributed by atoms with E-state index in [0.29, 0.717) is 51.1 Å². The summed E-state index contributed by atoms with van der Waals surface area (Å²) in [7, 11) is 3.84. The molecule has 0 aliphatic heterocycles. The predicted molar refractivity (Wildman–Crippen MR) is 139 cm³/mol. The van der Waals surface area contributed by atoms with Gasteiger partial charge in [-0.25, -0.2) is 19.3 Å². The molecule has 10 heteroatoms. The summed E-state index contributed by atoms with van der Waals surface area (Å²) >= 11 is 6.42. The van der Waals surface area contributed by atoms with Gasteiger partial charge < -0.3 is 20.3 Å². The van der Waals surface area contributed by atoms with Crippen LogP contribution in [-0.4, -0.2) is 46.4 Å². The van der Waals surface area contributed by atoms with Crippen LogP contribution in [0.3, 0.4) is 0 Å². The van der Waals surface area contributed by atoms with Gasteiger partial charge in [0.1, 0.15) is 36.1 Å². The van der Waals surface area contributed by atoms with E-state index in [-0.39, 0.29) is 18.3 Å². The lowest BCUT2D eigenvalue weighted by atomic mass is 10.2. The number of ether oxygens (including phenoxy) is 1. The number of fused-ring (bicyclic) bond motifs is 1. The van der Waals surface area contributed by atoms with Gasteiger partial charge >= 0.3 is 0 Å². The van der Waals surface area contributed by atoms with Crippen LogP contribution in [0, 0.1) is 5.82 Å². The van der Waals surface area contributed by atoms with Gasteiger partial charge in [0, 0.05) is 23.7 Å². The highest BCUT2D eigenvalue weighted by molar-refractivity contribution is 6.32. The van der Waals surface area contributed by atoms with Gasteiger partial charge in [0.25, 0.3) is 0 Å². The fraction of sp³-hybridized carbons (Fsp3) is 0.154. The van der Waals surface area contributed by atoms with E-state index in [1.807, 2.05) is 19.0 Å². The monoisotopic (exact) mass is 506 g/mol. The second kappa shape index (κ2) is 11.6. The van der Waals surface area contributed by atoms with Gasteiger partial charge in [0.05, 0.1) is 16.7 Å². The highest BCUT2D eigenvalue weighted by Gasteiger charge is 2.10. The first-order chi connectivity index (χ1) is 17.4. The van der Waals surface area contributed by atoms with Crippen molar-refractivity contribution < 1.29 is 13.9 Å². The van der Waals surface area contributed by atoms with Gasteiger partial charge in [-0.1, -0.05) is 29.8 Å². The Labute approximate surface area is 212 Å². The second-order valence-corrected chi connectivity index (χ2v) is 8.56. The Hall–Kier alpha value is -4.08. The smallest absolute Gasteiger partial charge is 0.249 e. The van der Waals surface area contributed by atoms with Crippen LogP contribution in [0.2, 0.25) is 5.02 Å². The first kappa shape index (κ1) is 25.0. The minimum atomic E-state index is -0.322. The maximum absolute atomic E-state index is 13.4. The molecule has 184 valence electrons. The van der Waals surface area contributed by atoms with E-state index in [0.717, 1.165) is 0 Å². The average molecular weight is 507 g/mol. The Morgan fingerprint density at radius 3 is 2.78 bits per heavy atom. The third-order valence-corrected chi connectivity index (χ3v) is 5.29. The average Bonchev–Trinajstić information content (AvgIpc) is 2.84. The summed E-state index contributed by atoms with van der Waals surface area (Å²) in [5, 5.41) is 7.02. The van der Waals surface area contributed by atoms with E-state index >= 15 is 0 Å². The minimum Gasteiger partial charge on any atom is -0.487 e. The van der Waals surface area contributed by atoms with Crippen molar-refractivity contribution in [3.63, 3.8) is 0 Å². The molecular formula is C26H24ClFN6O2. The van der Waals surface area contributed by atoms with Gasteiger partial charge in [0.2, 0.25) is 5.91 Å². The summed E-state index contributed by atoms with van der Waals surface area (Å²) in [6.45, 7) is 0.838. The maximum atomic E-state index is 13.4. The molecule has 2 N–H and O–H groups in total. The van der Waals surface area contributed by atoms with Gasteiger partial charge in [-0.15, -0.1) is 0 Å². The highest BCUT2D eigenvalue weighted by Crippen LogP contribution is 2.31. The standard InChI is InChI=1S/C26H24ClFN6O2/c1-34(2)10-4-7-25(35)33-24-13-20-22(14-29-24)30-16-31-26(20)32-19-8-9-23(21(27)12-19)36-15-17-5-3-6-18(28)11-17/h3-9,11-14,16H,10,15H2,1-2H3,(H,29,33,35)(H,30,31,32). The molecule has 0 unspecified atom stereocenters. The van der Waals surface area contributed by atoms with E-state index in [2.05, 4.69) is 25.6 Å². The molecule has 0 aliphatic rings. The van der Waals surface area contributed by atoms with Gasteiger partial charge in [0.15, 0.2) is 0 Å². The number of anilines is 3. The number of halogens is 2. The van der Waals surface area contributed by atoms with Gasteiger partial charge in [-0.2, -0.15) is 0 Å². The molecule has 0 saturated heterocycles. The minimum absolute atomic E-state index is 0.187. The topological polar surface area (TPSA) is 92.3 Å². The Kier molecular flexibility index (Phi) is 8.04. The lowest BCUT2D eigenvalue weighted by molar-refractivity contribution is -0.111. The van der Waals surface area contributed by atoms with Crippen molar-refractivity contribution in [1.29, 1.82) is 0 Å². The third kappa shape index (κ3) is 6.74. The first-order valence-corrected chi connectivity index (χ1v) is 11.4. The second-order valence-electron chi connectivity index (χ2n) is 8.15. The summed E-state index contributed by atoms with van der Waals surface area (Å²) in [5.41, 5.74) is 1.98. The highest BCUT2D eigenvalue weighted by atomic mass is 35.5. The Morgan fingerprint density at radius 2 is 2.00 bits per heavy atom. The van der Waals surface area contributed by atoms with Crippen LogP contribution in [0.1, 0.15) is 5.56 Å². The zero-order valence-electron chi connectivity index (χ0n) is 19.7. The predicted octanol–water partition coefficient (Wildman–Crippen LogP) is 5.20. The summed E-state index contributed by atoms with van der Waals surface area (Å²) in [4.78, 5) is 27.0. The quantitative estimate of drug-likeness (QED) is 0.301. The zero-order valence-corrected chi connectivity index (χ0v) is 20.5. The van der Waals surface area contributed by atoms with E-state index in [9.17, 15) is 9.18 Å².